The number of carbonyl (C=O) groups is 1. The molecule has 0 atom stereocenters. The molecule has 0 bridgehead atoms. The molecule has 0 radical (unpaired) electrons. The molecule has 1 aromatic rings. The van der Waals surface area contributed by atoms with Gasteiger partial charge in [0.2, 0.25) is 6.79 Å². The Labute approximate surface area is 136 Å². The van der Waals surface area contributed by atoms with Gasteiger partial charge >= 0.3 is 6.03 Å². The smallest absolute Gasteiger partial charge is 0.321 e. The second-order valence-electron chi connectivity index (χ2n) is 5.71. The van der Waals surface area contributed by atoms with Crippen molar-refractivity contribution in [3.05, 3.63) is 36.0 Å². The molecule has 2 amide bonds. The first-order chi connectivity index (χ1) is 11.3. The van der Waals surface area contributed by atoms with E-state index in [-0.39, 0.29) is 6.03 Å². The third-order valence-corrected chi connectivity index (χ3v) is 4.06. The maximum atomic E-state index is 12.0. The number of nitrogens with one attached hydrogen (secondary N) is 1. The van der Waals surface area contributed by atoms with Crippen LogP contribution in [-0.2, 0) is 6.54 Å². The first-order valence-electron chi connectivity index (χ1n) is 8.07. The van der Waals surface area contributed by atoms with Gasteiger partial charge in [-0.15, -0.1) is 0 Å². The number of hydrogen-bond donors (Lipinski definition) is 1. The highest BCUT2D eigenvalue weighted by Crippen LogP contribution is 2.32. The van der Waals surface area contributed by atoms with Crippen molar-refractivity contribution in [1.82, 2.24) is 15.1 Å². The average Bonchev–Trinajstić information content (AvgIpc) is 3.03. The van der Waals surface area contributed by atoms with Crippen molar-refractivity contribution in [3.8, 4) is 11.5 Å². The number of hydrogen-bond acceptors (Lipinski definition) is 4. The van der Waals surface area contributed by atoms with E-state index in [0.29, 0.717) is 6.79 Å². The summed E-state index contributed by atoms with van der Waals surface area (Å²) in [5.41, 5.74) is 1.21. The minimum absolute atomic E-state index is 0.0163. The molecule has 1 N–H and O–H groups in total. The zero-order valence-corrected chi connectivity index (χ0v) is 13.5. The van der Waals surface area contributed by atoms with E-state index < -0.39 is 0 Å². The van der Waals surface area contributed by atoms with Crippen molar-refractivity contribution >= 4 is 6.03 Å². The Hall–Kier alpha value is -2.21. The fourth-order valence-corrected chi connectivity index (χ4v) is 2.75. The molecule has 2 aliphatic rings. The van der Waals surface area contributed by atoms with Gasteiger partial charge in [0.1, 0.15) is 0 Å². The lowest BCUT2D eigenvalue weighted by Gasteiger charge is -2.34. The number of allylic oxidation sites excluding steroid dienone is 1. The van der Waals surface area contributed by atoms with E-state index in [4.69, 9.17) is 9.47 Å². The van der Waals surface area contributed by atoms with Crippen molar-refractivity contribution in [2.45, 2.75) is 19.9 Å². The number of rotatable bonds is 4. The quantitative estimate of drug-likeness (QED) is 0.925. The minimum atomic E-state index is -0.0163. The topological polar surface area (TPSA) is 54.0 Å². The highest BCUT2D eigenvalue weighted by Gasteiger charge is 2.21. The lowest BCUT2D eigenvalue weighted by Crippen LogP contribution is -2.50. The molecule has 0 aromatic heterocycles. The summed E-state index contributed by atoms with van der Waals surface area (Å²) in [6, 6.07) is 6.05. The maximum absolute atomic E-state index is 12.0. The summed E-state index contributed by atoms with van der Waals surface area (Å²) in [7, 11) is 0. The van der Waals surface area contributed by atoms with E-state index in [0.717, 1.165) is 50.6 Å². The van der Waals surface area contributed by atoms with Crippen LogP contribution in [0, 0.1) is 0 Å². The van der Waals surface area contributed by atoms with Crippen LogP contribution in [0.1, 0.15) is 18.9 Å². The molecule has 0 spiro atoms. The van der Waals surface area contributed by atoms with Gasteiger partial charge in [0.25, 0.3) is 0 Å². The highest BCUT2D eigenvalue weighted by molar-refractivity contribution is 5.75. The summed E-state index contributed by atoms with van der Waals surface area (Å²) >= 11 is 0. The second-order valence-corrected chi connectivity index (χ2v) is 5.71. The largest absolute Gasteiger partial charge is 0.454 e. The van der Waals surface area contributed by atoms with Crippen molar-refractivity contribution in [2.75, 3.05) is 33.0 Å². The summed E-state index contributed by atoms with van der Waals surface area (Å²) in [4.78, 5) is 16.2. The van der Waals surface area contributed by atoms with Gasteiger partial charge in [0, 0.05) is 38.9 Å². The molecular weight excluding hydrogens is 294 g/mol. The molecule has 1 fully saturated rings. The monoisotopic (exact) mass is 317 g/mol. The van der Waals surface area contributed by atoms with E-state index in [2.05, 4.69) is 16.3 Å². The van der Waals surface area contributed by atoms with Crippen LogP contribution in [0.15, 0.2) is 30.5 Å². The van der Waals surface area contributed by atoms with Crippen LogP contribution < -0.4 is 14.8 Å². The highest BCUT2D eigenvalue weighted by atomic mass is 16.7. The van der Waals surface area contributed by atoms with Gasteiger partial charge in [0.15, 0.2) is 11.5 Å². The first kappa shape index (κ1) is 15.7. The van der Waals surface area contributed by atoms with Crippen molar-refractivity contribution in [3.63, 3.8) is 0 Å². The molecule has 6 heteroatoms. The zero-order chi connectivity index (χ0) is 16.1. The van der Waals surface area contributed by atoms with Gasteiger partial charge in [-0.05, 0) is 24.1 Å². The molecule has 1 saturated heterocycles. The fourth-order valence-electron chi connectivity index (χ4n) is 2.75. The summed E-state index contributed by atoms with van der Waals surface area (Å²) < 4.78 is 10.7. The first-order valence-corrected chi connectivity index (χ1v) is 8.07. The van der Waals surface area contributed by atoms with Crippen LogP contribution in [0.2, 0.25) is 0 Å². The molecule has 6 nitrogen and oxygen atoms in total. The van der Waals surface area contributed by atoms with Crippen LogP contribution in [0.4, 0.5) is 4.79 Å². The molecule has 1 aromatic carbocycles. The van der Waals surface area contributed by atoms with Gasteiger partial charge in [0.05, 0.1) is 0 Å². The number of carbonyl (C=O) groups excluding carboxylic acids is 1. The number of amides is 2. The van der Waals surface area contributed by atoms with Crippen LogP contribution in [0.5, 0.6) is 11.5 Å². The Balaban J connectivity index is 1.47. The van der Waals surface area contributed by atoms with Gasteiger partial charge in [-0.3, -0.25) is 4.90 Å². The van der Waals surface area contributed by atoms with Crippen LogP contribution in [0.3, 0.4) is 0 Å². The van der Waals surface area contributed by atoms with Crippen LogP contribution in [-0.4, -0.2) is 48.8 Å². The maximum Gasteiger partial charge on any atom is 0.321 e. The molecule has 0 aliphatic carbocycles. The van der Waals surface area contributed by atoms with Gasteiger partial charge in [-0.1, -0.05) is 19.1 Å². The number of ether oxygens (including phenoxy) is 2. The minimum Gasteiger partial charge on any atom is -0.454 e. The average molecular weight is 317 g/mol. The lowest BCUT2D eigenvalue weighted by atomic mass is 10.1. The molecule has 23 heavy (non-hydrogen) atoms. The number of piperazine rings is 1. The molecule has 2 heterocycles. The van der Waals surface area contributed by atoms with E-state index in [9.17, 15) is 4.79 Å². The lowest BCUT2D eigenvalue weighted by molar-refractivity contribution is 0.137. The van der Waals surface area contributed by atoms with Crippen molar-refractivity contribution < 1.29 is 14.3 Å². The fraction of sp³-hybridized carbons (Fsp3) is 0.471. The Kier molecular flexibility index (Phi) is 5.02. The van der Waals surface area contributed by atoms with Crippen molar-refractivity contribution in [1.29, 1.82) is 0 Å². The number of fused-ring (bicyclic) bond motifs is 1. The Morgan fingerprint density at radius 1 is 1.22 bits per heavy atom. The summed E-state index contributed by atoms with van der Waals surface area (Å²) in [5.74, 6) is 1.64. The van der Waals surface area contributed by atoms with E-state index in [1.54, 1.807) is 6.20 Å². The van der Waals surface area contributed by atoms with Gasteiger partial charge in [-0.25, -0.2) is 4.79 Å². The molecular formula is C17H23N3O3. The molecule has 124 valence electrons. The Morgan fingerprint density at radius 2 is 2.00 bits per heavy atom. The van der Waals surface area contributed by atoms with E-state index in [1.165, 1.54) is 5.56 Å². The molecule has 0 unspecified atom stereocenters. The third kappa shape index (κ3) is 3.96. The predicted molar refractivity (Wildman–Crippen MR) is 87.4 cm³/mol. The number of benzene rings is 1. The molecule has 2 aliphatic heterocycles. The number of urea groups is 1. The summed E-state index contributed by atoms with van der Waals surface area (Å²) in [6.45, 7) is 6.45. The standard InChI is InChI=1S/C17H23N3O3/c1-2-3-6-18-17(21)20-9-7-19(8-10-20)12-14-4-5-15-16(11-14)23-13-22-15/h3-6,11H,2,7-10,12-13H2,1H3,(H,18,21)/b6-3+. The van der Waals surface area contributed by atoms with Crippen LogP contribution >= 0.6 is 0 Å². The molecule has 3 rings (SSSR count). The van der Waals surface area contributed by atoms with Crippen molar-refractivity contribution in [2.24, 2.45) is 0 Å². The Morgan fingerprint density at radius 3 is 2.78 bits per heavy atom. The number of nitrogens with zero attached hydrogens (tertiary/aromatic N) is 2. The predicted octanol–water partition coefficient (Wildman–Crippen LogP) is 2.17. The Bertz CT molecular complexity index is 580. The van der Waals surface area contributed by atoms with Gasteiger partial charge in [-0.2, -0.15) is 0 Å². The van der Waals surface area contributed by atoms with Crippen LogP contribution in [0.25, 0.3) is 0 Å². The normalized spacial score (nSPS) is 17.7. The molecule has 0 saturated carbocycles. The second kappa shape index (κ2) is 7.37. The summed E-state index contributed by atoms with van der Waals surface area (Å²) in [6.07, 6.45) is 4.58. The summed E-state index contributed by atoms with van der Waals surface area (Å²) in [5, 5.41) is 2.80. The zero-order valence-electron chi connectivity index (χ0n) is 13.5. The van der Waals surface area contributed by atoms with Gasteiger partial charge < -0.3 is 19.7 Å². The third-order valence-electron chi connectivity index (χ3n) is 4.06. The van der Waals surface area contributed by atoms with E-state index >= 15 is 0 Å². The van der Waals surface area contributed by atoms with E-state index in [1.807, 2.05) is 30.0 Å². The SMILES string of the molecule is CC/C=C/NC(=O)N1CCN(Cc2ccc3c(c2)OCO3)CC1.